The second kappa shape index (κ2) is 5.56. The minimum atomic E-state index is -0.479. The van der Waals surface area contributed by atoms with Crippen molar-refractivity contribution in [1.82, 2.24) is 20.4 Å². The molecule has 1 amide bonds. The lowest BCUT2D eigenvalue weighted by molar-refractivity contribution is 0.101. The van der Waals surface area contributed by atoms with E-state index in [-0.39, 0.29) is 11.9 Å². The molecule has 1 saturated heterocycles. The molecule has 0 bridgehead atoms. The summed E-state index contributed by atoms with van der Waals surface area (Å²) in [5, 5.41) is 9.77. The molecule has 0 radical (unpaired) electrons. The summed E-state index contributed by atoms with van der Waals surface area (Å²) in [6, 6.07) is 4.97. The van der Waals surface area contributed by atoms with Crippen molar-refractivity contribution in [2.75, 3.05) is 11.9 Å². The maximum atomic E-state index is 12.0. The highest BCUT2D eigenvalue weighted by atomic mass is 35.5. The molecule has 0 saturated carbocycles. The number of rotatable bonds is 3. The van der Waals surface area contributed by atoms with Crippen LogP contribution in [-0.4, -0.2) is 27.6 Å². The fourth-order valence-corrected chi connectivity index (χ4v) is 2.18. The second-order valence-electron chi connectivity index (χ2n) is 4.40. The van der Waals surface area contributed by atoms with Crippen LogP contribution in [0.5, 0.6) is 0 Å². The summed E-state index contributed by atoms with van der Waals surface area (Å²) in [5.74, 6) is 0.280. The molecule has 3 rings (SSSR count). The van der Waals surface area contributed by atoms with Gasteiger partial charge in [-0.25, -0.2) is 4.98 Å². The van der Waals surface area contributed by atoms with Crippen LogP contribution in [0, 0.1) is 0 Å². The Labute approximate surface area is 119 Å². The van der Waals surface area contributed by atoms with Crippen molar-refractivity contribution in [3.63, 3.8) is 0 Å². The van der Waals surface area contributed by atoms with E-state index in [1.807, 2.05) is 0 Å². The van der Waals surface area contributed by atoms with Crippen LogP contribution in [0.25, 0.3) is 0 Å². The molecule has 2 aromatic rings. The van der Waals surface area contributed by atoms with Gasteiger partial charge in [0.05, 0.1) is 6.04 Å². The van der Waals surface area contributed by atoms with E-state index in [1.165, 1.54) is 0 Å². The van der Waals surface area contributed by atoms with Gasteiger partial charge in [0, 0.05) is 0 Å². The first-order valence-electron chi connectivity index (χ1n) is 6.23. The third-order valence-electron chi connectivity index (χ3n) is 2.96. The van der Waals surface area contributed by atoms with Crippen LogP contribution in [0.4, 0.5) is 5.82 Å². The summed E-state index contributed by atoms with van der Waals surface area (Å²) in [7, 11) is 0. The first-order valence-corrected chi connectivity index (χ1v) is 6.61. The second-order valence-corrected chi connectivity index (χ2v) is 4.79. The molecular weight excluding hydrogens is 282 g/mol. The maximum Gasteiger partial charge on any atom is 0.298 e. The summed E-state index contributed by atoms with van der Waals surface area (Å²) in [4.78, 5) is 20.0. The molecule has 1 fully saturated rings. The summed E-state index contributed by atoms with van der Waals surface area (Å²) in [6.07, 6.45) is 1.99. The lowest BCUT2D eigenvalue weighted by atomic mass is 10.2. The number of nitrogens with one attached hydrogen (secondary N) is 2. The van der Waals surface area contributed by atoms with E-state index in [0.717, 1.165) is 19.4 Å². The molecule has 1 aliphatic heterocycles. The Bertz CT molecular complexity index is 624. The van der Waals surface area contributed by atoms with Crippen molar-refractivity contribution >= 4 is 23.3 Å². The van der Waals surface area contributed by atoms with Gasteiger partial charge in [-0.1, -0.05) is 22.8 Å². The van der Waals surface area contributed by atoms with Crippen LogP contribution >= 0.6 is 11.6 Å². The molecule has 0 aliphatic carbocycles. The molecule has 104 valence electrons. The highest BCUT2D eigenvalue weighted by Gasteiger charge is 2.24. The minimum Gasteiger partial charge on any atom is -0.337 e. The van der Waals surface area contributed by atoms with E-state index >= 15 is 0 Å². The van der Waals surface area contributed by atoms with Gasteiger partial charge in [0.25, 0.3) is 11.7 Å². The fraction of sp³-hybridized carbons (Fsp3) is 0.333. The van der Waals surface area contributed by atoms with Gasteiger partial charge in [-0.15, -0.1) is 0 Å². The number of carbonyl (C=O) groups is 1. The van der Waals surface area contributed by atoms with Gasteiger partial charge in [0.2, 0.25) is 5.89 Å². The molecule has 1 unspecified atom stereocenters. The third-order valence-corrected chi connectivity index (χ3v) is 3.17. The molecular formula is C12H12ClN5O2. The van der Waals surface area contributed by atoms with Crippen LogP contribution in [0.1, 0.15) is 35.4 Å². The molecule has 2 N–H and O–H groups in total. The van der Waals surface area contributed by atoms with Crippen LogP contribution in [0.2, 0.25) is 5.15 Å². The Morgan fingerprint density at radius 2 is 2.35 bits per heavy atom. The van der Waals surface area contributed by atoms with Gasteiger partial charge >= 0.3 is 0 Å². The Kier molecular flexibility index (Phi) is 3.62. The molecule has 1 atom stereocenters. The molecule has 2 aromatic heterocycles. The first-order chi connectivity index (χ1) is 9.72. The zero-order chi connectivity index (χ0) is 13.9. The number of hydrogen-bond acceptors (Lipinski definition) is 6. The van der Waals surface area contributed by atoms with E-state index < -0.39 is 5.91 Å². The lowest BCUT2D eigenvalue weighted by Crippen LogP contribution is -2.16. The average molecular weight is 294 g/mol. The van der Waals surface area contributed by atoms with Gasteiger partial charge in [-0.2, -0.15) is 4.98 Å². The van der Waals surface area contributed by atoms with Crippen LogP contribution in [0.15, 0.2) is 22.7 Å². The largest absolute Gasteiger partial charge is 0.337 e. The molecule has 3 heterocycles. The Hall–Kier alpha value is -1.99. The van der Waals surface area contributed by atoms with Crippen LogP contribution < -0.4 is 10.6 Å². The number of carbonyl (C=O) groups excluding carboxylic acids is 1. The third kappa shape index (κ3) is 2.78. The van der Waals surface area contributed by atoms with E-state index in [1.54, 1.807) is 18.2 Å². The molecule has 0 spiro atoms. The maximum absolute atomic E-state index is 12.0. The van der Waals surface area contributed by atoms with Crippen molar-refractivity contribution in [1.29, 1.82) is 0 Å². The number of pyridine rings is 1. The number of amides is 1. The summed E-state index contributed by atoms with van der Waals surface area (Å²) < 4.78 is 5.10. The molecule has 1 aliphatic rings. The minimum absolute atomic E-state index is 0.0181. The van der Waals surface area contributed by atoms with Crippen LogP contribution in [-0.2, 0) is 0 Å². The number of nitrogens with zero attached hydrogens (tertiary/aromatic N) is 3. The van der Waals surface area contributed by atoms with Crippen molar-refractivity contribution in [3.8, 4) is 0 Å². The van der Waals surface area contributed by atoms with Crippen molar-refractivity contribution < 1.29 is 9.32 Å². The number of hydrogen-bond donors (Lipinski definition) is 2. The number of halogens is 1. The Balaban J connectivity index is 1.71. The zero-order valence-electron chi connectivity index (χ0n) is 10.5. The van der Waals surface area contributed by atoms with E-state index in [9.17, 15) is 4.79 Å². The van der Waals surface area contributed by atoms with Crippen molar-refractivity contribution in [3.05, 3.63) is 35.1 Å². The van der Waals surface area contributed by atoms with E-state index in [0.29, 0.717) is 16.9 Å². The van der Waals surface area contributed by atoms with Gasteiger partial charge in [-0.05, 0) is 31.5 Å². The predicted molar refractivity (Wildman–Crippen MR) is 71.5 cm³/mol. The Morgan fingerprint density at radius 3 is 3.10 bits per heavy atom. The Morgan fingerprint density at radius 1 is 1.45 bits per heavy atom. The monoisotopic (exact) mass is 293 g/mol. The molecule has 7 nitrogen and oxygen atoms in total. The number of aromatic nitrogens is 3. The molecule has 0 aromatic carbocycles. The number of anilines is 1. The van der Waals surface area contributed by atoms with E-state index in [2.05, 4.69) is 25.8 Å². The standard InChI is InChI=1S/C12H12ClN5O2/c13-8-4-1-5-9(15-8)16-11(19)10-17-12(20-18-10)7-3-2-6-14-7/h1,4-5,7,14H,2-3,6H2,(H,15,16,19). The predicted octanol–water partition coefficient (Wildman–Crippen LogP) is 1.79. The first kappa shape index (κ1) is 13.0. The normalized spacial score (nSPS) is 18.1. The average Bonchev–Trinajstić information content (AvgIpc) is 3.10. The smallest absolute Gasteiger partial charge is 0.298 e. The highest BCUT2D eigenvalue weighted by Crippen LogP contribution is 2.21. The van der Waals surface area contributed by atoms with Gasteiger partial charge < -0.3 is 15.2 Å². The van der Waals surface area contributed by atoms with Gasteiger partial charge in [-0.3, -0.25) is 4.79 Å². The summed E-state index contributed by atoms with van der Waals surface area (Å²) >= 11 is 5.74. The summed E-state index contributed by atoms with van der Waals surface area (Å²) in [6.45, 7) is 0.918. The fourth-order valence-electron chi connectivity index (χ4n) is 2.01. The SMILES string of the molecule is O=C(Nc1cccc(Cl)n1)c1noc(C2CCCN2)n1. The van der Waals surface area contributed by atoms with Crippen LogP contribution in [0.3, 0.4) is 0 Å². The van der Waals surface area contributed by atoms with E-state index in [4.69, 9.17) is 16.1 Å². The topological polar surface area (TPSA) is 92.9 Å². The quantitative estimate of drug-likeness (QED) is 0.838. The van der Waals surface area contributed by atoms with Gasteiger partial charge in [0.1, 0.15) is 11.0 Å². The highest BCUT2D eigenvalue weighted by molar-refractivity contribution is 6.29. The molecule has 8 heteroatoms. The zero-order valence-corrected chi connectivity index (χ0v) is 11.2. The molecule has 20 heavy (non-hydrogen) atoms. The lowest BCUT2D eigenvalue weighted by Gasteiger charge is -2.02. The summed E-state index contributed by atoms with van der Waals surface area (Å²) in [5.41, 5.74) is 0. The van der Waals surface area contributed by atoms with Gasteiger partial charge in [0.15, 0.2) is 0 Å². The van der Waals surface area contributed by atoms with Crippen molar-refractivity contribution in [2.45, 2.75) is 18.9 Å². The van der Waals surface area contributed by atoms with Crippen molar-refractivity contribution in [2.24, 2.45) is 0 Å².